The van der Waals surface area contributed by atoms with E-state index in [4.69, 9.17) is 0 Å². The van der Waals surface area contributed by atoms with E-state index in [1.165, 1.54) is 4.68 Å². The van der Waals surface area contributed by atoms with Crippen LogP contribution in [0.1, 0.15) is 20.3 Å². The van der Waals surface area contributed by atoms with E-state index in [0.29, 0.717) is 18.9 Å². The molecule has 0 spiro atoms. The first-order valence-electron chi connectivity index (χ1n) is 4.24. The molecule has 0 aliphatic rings. The molecule has 1 atom stereocenters. The Balaban J connectivity index is 2.48. The molecule has 6 heteroatoms. The fourth-order valence-corrected chi connectivity index (χ4v) is 0.774. The molecule has 0 amide bonds. The molecular weight excluding hydrogens is 170 g/mol. The number of hydrogen-bond donors (Lipinski definition) is 2. The zero-order valence-electron chi connectivity index (χ0n) is 8.15. The van der Waals surface area contributed by atoms with Crippen LogP contribution >= 0.6 is 0 Å². The smallest absolute Gasteiger partial charge is 0.242 e. The van der Waals surface area contributed by atoms with Crippen molar-refractivity contribution in [2.24, 2.45) is 7.05 Å². The Hall–Kier alpha value is -1.17. The van der Waals surface area contributed by atoms with Crippen molar-refractivity contribution >= 4 is 5.95 Å². The molecule has 0 aliphatic carbocycles. The SMILES string of the molecule is CCC(C)(O)CNc1nnnn1C. The monoisotopic (exact) mass is 185 g/mol. The first-order chi connectivity index (χ1) is 6.05. The highest BCUT2D eigenvalue weighted by atomic mass is 16.3. The molecule has 0 saturated carbocycles. The molecule has 6 nitrogen and oxygen atoms in total. The van der Waals surface area contributed by atoms with E-state index in [2.05, 4.69) is 20.8 Å². The van der Waals surface area contributed by atoms with Gasteiger partial charge in [-0.05, 0) is 23.8 Å². The lowest BCUT2D eigenvalue weighted by Gasteiger charge is -2.21. The van der Waals surface area contributed by atoms with Gasteiger partial charge in [0.1, 0.15) is 0 Å². The first kappa shape index (κ1) is 9.91. The fraction of sp³-hybridized carbons (Fsp3) is 0.857. The normalized spacial score (nSPS) is 15.4. The second-order valence-electron chi connectivity index (χ2n) is 3.33. The van der Waals surface area contributed by atoms with Gasteiger partial charge in [-0.1, -0.05) is 12.0 Å². The molecule has 0 bridgehead atoms. The van der Waals surface area contributed by atoms with Gasteiger partial charge < -0.3 is 10.4 Å². The molecule has 1 heterocycles. The number of rotatable bonds is 4. The quantitative estimate of drug-likeness (QED) is 0.678. The predicted molar refractivity (Wildman–Crippen MR) is 48.2 cm³/mol. The van der Waals surface area contributed by atoms with Crippen molar-refractivity contribution in [1.82, 2.24) is 20.2 Å². The maximum Gasteiger partial charge on any atom is 0.242 e. The summed E-state index contributed by atoms with van der Waals surface area (Å²) in [6.45, 7) is 4.14. The Morgan fingerprint density at radius 1 is 1.62 bits per heavy atom. The zero-order valence-corrected chi connectivity index (χ0v) is 8.15. The van der Waals surface area contributed by atoms with Crippen LogP contribution in [0.3, 0.4) is 0 Å². The molecule has 1 aromatic rings. The molecule has 0 aromatic carbocycles. The van der Waals surface area contributed by atoms with E-state index in [1.807, 2.05) is 6.92 Å². The van der Waals surface area contributed by atoms with Gasteiger partial charge in [0.05, 0.1) is 5.60 Å². The van der Waals surface area contributed by atoms with E-state index in [0.717, 1.165) is 0 Å². The second kappa shape index (κ2) is 3.69. The van der Waals surface area contributed by atoms with Gasteiger partial charge in [0.2, 0.25) is 5.95 Å². The Morgan fingerprint density at radius 3 is 2.77 bits per heavy atom. The van der Waals surface area contributed by atoms with Crippen LogP contribution in [0, 0.1) is 0 Å². The summed E-state index contributed by atoms with van der Waals surface area (Å²) in [6.07, 6.45) is 0.686. The summed E-state index contributed by atoms with van der Waals surface area (Å²) in [7, 11) is 1.74. The Kier molecular flexibility index (Phi) is 2.82. The lowest BCUT2D eigenvalue weighted by molar-refractivity contribution is 0.0695. The van der Waals surface area contributed by atoms with Crippen LogP contribution in [-0.4, -0.2) is 37.5 Å². The molecule has 1 unspecified atom stereocenters. The van der Waals surface area contributed by atoms with E-state index in [1.54, 1.807) is 14.0 Å². The van der Waals surface area contributed by atoms with Crippen molar-refractivity contribution in [2.45, 2.75) is 25.9 Å². The Morgan fingerprint density at radius 2 is 2.31 bits per heavy atom. The van der Waals surface area contributed by atoms with E-state index < -0.39 is 5.60 Å². The minimum atomic E-state index is -0.716. The minimum absolute atomic E-state index is 0.442. The molecule has 1 aromatic heterocycles. The molecule has 0 fully saturated rings. The van der Waals surface area contributed by atoms with Gasteiger partial charge in [0.25, 0.3) is 0 Å². The maximum atomic E-state index is 9.67. The van der Waals surface area contributed by atoms with Gasteiger partial charge in [-0.15, -0.1) is 0 Å². The molecule has 74 valence electrons. The number of anilines is 1. The summed E-state index contributed by atoms with van der Waals surface area (Å²) in [4.78, 5) is 0. The lowest BCUT2D eigenvalue weighted by Crippen LogP contribution is -2.33. The number of aryl methyl sites for hydroxylation is 1. The van der Waals surface area contributed by atoms with Crippen LogP contribution in [0.4, 0.5) is 5.95 Å². The fourth-order valence-electron chi connectivity index (χ4n) is 0.774. The lowest BCUT2D eigenvalue weighted by atomic mass is 10.0. The predicted octanol–water partition coefficient (Wildman–Crippen LogP) is -0.217. The van der Waals surface area contributed by atoms with Crippen LogP contribution in [-0.2, 0) is 7.05 Å². The maximum absolute atomic E-state index is 9.67. The van der Waals surface area contributed by atoms with Crippen LogP contribution in [0.5, 0.6) is 0 Å². The largest absolute Gasteiger partial charge is 0.388 e. The summed E-state index contributed by atoms with van der Waals surface area (Å²) >= 11 is 0. The topological polar surface area (TPSA) is 75.9 Å². The van der Waals surface area contributed by atoms with Crippen molar-refractivity contribution in [1.29, 1.82) is 0 Å². The standard InChI is InChI=1S/C7H15N5O/c1-4-7(2,13)5-8-6-9-10-11-12(6)3/h13H,4-5H2,1-3H3,(H,8,9,11). The third kappa shape index (κ3) is 2.66. The molecule has 1 rings (SSSR count). The summed E-state index contributed by atoms with van der Waals surface area (Å²) in [5, 5.41) is 23.5. The Labute approximate surface area is 76.9 Å². The van der Waals surface area contributed by atoms with Crippen LogP contribution in [0.15, 0.2) is 0 Å². The van der Waals surface area contributed by atoms with Gasteiger partial charge in [0.15, 0.2) is 0 Å². The van der Waals surface area contributed by atoms with Crippen molar-refractivity contribution in [3.05, 3.63) is 0 Å². The van der Waals surface area contributed by atoms with E-state index in [9.17, 15) is 5.11 Å². The average molecular weight is 185 g/mol. The second-order valence-corrected chi connectivity index (χ2v) is 3.33. The third-order valence-corrected chi connectivity index (χ3v) is 2.01. The highest BCUT2D eigenvalue weighted by Crippen LogP contribution is 2.08. The zero-order chi connectivity index (χ0) is 9.90. The summed E-state index contributed by atoms with van der Waals surface area (Å²) in [5.74, 6) is 0.564. The van der Waals surface area contributed by atoms with Crippen LogP contribution in [0.25, 0.3) is 0 Å². The minimum Gasteiger partial charge on any atom is -0.388 e. The van der Waals surface area contributed by atoms with Gasteiger partial charge in [0, 0.05) is 13.6 Å². The van der Waals surface area contributed by atoms with Crippen molar-refractivity contribution in [2.75, 3.05) is 11.9 Å². The van der Waals surface area contributed by atoms with Gasteiger partial charge in [-0.2, -0.15) is 0 Å². The van der Waals surface area contributed by atoms with E-state index >= 15 is 0 Å². The molecule has 0 radical (unpaired) electrons. The molecule has 0 saturated heterocycles. The number of tetrazole rings is 1. The highest BCUT2D eigenvalue weighted by Gasteiger charge is 2.17. The number of aliphatic hydroxyl groups is 1. The summed E-state index contributed by atoms with van der Waals surface area (Å²) in [6, 6.07) is 0. The summed E-state index contributed by atoms with van der Waals surface area (Å²) in [5.41, 5.74) is -0.716. The van der Waals surface area contributed by atoms with Gasteiger partial charge >= 0.3 is 0 Å². The molecular formula is C7H15N5O. The number of nitrogens with one attached hydrogen (secondary N) is 1. The molecule has 0 aliphatic heterocycles. The van der Waals surface area contributed by atoms with E-state index in [-0.39, 0.29) is 0 Å². The molecule has 2 N–H and O–H groups in total. The number of hydrogen-bond acceptors (Lipinski definition) is 5. The first-order valence-corrected chi connectivity index (χ1v) is 4.24. The van der Waals surface area contributed by atoms with Crippen molar-refractivity contribution in [3.8, 4) is 0 Å². The van der Waals surface area contributed by atoms with Crippen molar-refractivity contribution < 1.29 is 5.11 Å². The van der Waals surface area contributed by atoms with Gasteiger partial charge in [-0.3, -0.25) is 0 Å². The average Bonchev–Trinajstić information content (AvgIpc) is 2.48. The van der Waals surface area contributed by atoms with Gasteiger partial charge in [-0.25, -0.2) is 4.68 Å². The number of nitrogens with zero attached hydrogens (tertiary/aromatic N) is 4. The van der Waals surface area contributed by atoms with Crippen LogP contribution < -0.4 is 5.32 Å². The van der Waals surface area contributed by atoms with Crippen LogP contribution in [0.2, 0.25) is 0 Å². The Bertz CT molecular complexity index is 270. The summed E-state index contributed by atoms with van der Waals surface area (Å²) < 4.78 is 1.52. The third-order valence-electron chi connectivity index (χ3n) is 2.01. The number of aromatic nitrogens is 4. The molecule has 13 heavy (non-hydrogen) atoms. The highest BCUT2D eigenvalue weighted by molar-refractivity contribution is 5.21. The van der Waals surface area contributed by atoms with Crippen molar-refractivity contribution in [3.63, 3.8) is 0 Å².